The molecule has 0 bridgehead atoms. The monoisotopic (exact) mass is 450 g/mol. The van der Waals surface area contributed by atoms with Gasteiger partial charge < -0.3 is 23.9 Å². The Balaban J connectivity index is 1.21. The minimum Gasteiger partial charge on any atom is -0.457 e. The zero-order chi connectivity index (χ0) is 22.7. The molecule has 6 heteroatoms. The van der Waals surface area contributed by atoms with Gasteiger partial charge in [-0.3, -0.25) is 4.98 Å². The van der Waals surface area contributed by atoms with Crippen molar-refractivity contribution in [2.75, 3.05) is 18.5 Å². The molecule has 0 spiro atoms. The van der Waals surface area contributed by atoms with Gasteiger partial charge in [0.1, 0.15) is 17.3 Å². The standard InChI is InChI=1S/C28H22N2O4/c1-2-4-21(5-3-1)33-22-9-7-20(8-10-22)30-24-14-15-29-25-18-19(6-11-23(24)25)26-12-13-27(34-26)28-31-16-17-32-28/h1-15,18,28H,16-17H2,(H,29,30). The molecule has 168 valence electrons. The molecule has 0 unspecified atom stereocenters. The van der Waals surface area contributed by atoms with E-state index in [0.29, 0.717) is 19.0 Å². The van der Waals surface area contributed by atoms with Gasteiger partial charge in [0.25, 0.3) is 0 Å². The first-order valence-corrected chi connectivity index (χ1v) is 11.1. The Morgan fingerprint density at radius 2 is 1.59 bits per heavy atom. The predicted molar refractivity (Wildman–Crippen MR) is 130 cm³/mol. The third kappa shape index (κ3) is 4.24. The highest BCUT2D eigenvalue weighted by Crippen LogP contribution is 2.33. The molecule has 1 fully saturated rings. The lowest BCUT2D eigenvalue weighted by Crippen LogP contribution is -1.95. The van der Waals surface area contributed by atoms with Crippen LogP contribution in [0.1, 0.15) is 12.1 Å². The van der Waals surface area contributed by atoms with Crippen molar-refractivity contribution in [1.29, 1.82) is 0 Å². The van der Waals surface area contributed by atoms with Crippen molar-refractivity contribution in [3.63, 3.8) is 0 Å². The number of fused-ring (bicyclic) bond motifs is 1. The van der Waals surface area contributed by atoms with E-state index in [1.807, 2.05) is 84.9 Å². The molecule has 1 N–H and O–H groups in total. The number of nitrogens with one attached hydrogen (secondary N) is 1. The normalized spacial score (nSPS) is 13.9. The Bertz CT molecular complexity index is 1410. The summed E-state index contributed by atoms with van der Waals surface area (Å²) in [5.74, 6) is 3.03. The Morgan fingerprint density at radius 1 is 0.794 bits per heavy atom. The average molecular weight is 450 g/mol. The van der Waals surface area contributed by atoms with Crippen molar-refractivity contribution in [1.82, 2.24) is 4.98 Å². The highest BCUT2D eigenvalue weighted by Gasteiger charge is 2.22. The van der Waals surface area contributed by atoms with Gasteiger partial charge in [-0.1, -0.05) is 24.3 Å². The van der Waals surface area contributed by atoms with Crippen LogP contribution in [0.5, 0.6) is 11.5 Å². The summed E-state index contributed by atoms with van der Waals surface area (Å²) >= 11 is 0. The molecule has 0 aliphatic carbocycles. The highest BCUT2D eigenvalue weighted by molar-refractivity contribution is 5.94. The maximum atomic E-state index is 5.98. The SMILES string of the molecule is c1ccc(Oc2ccc(Nc3ccnc4cc(-c5ccc(C6OCCO6)o5)ccc34)cc2)cc1. The first-order chi connectivity index (χ1) is 16.8. The van der Waals surface area contributed by atoms with Gasteiger partial charge in [-0.05, 0) is 66.7 Å². The molecule has 6 nitrogen and oxygen atoms in total. The number of ether oxygens (including phenoxy) is 3. The second-order valence-corrected chi connectivity index (χ2v) is 7.93. The zero-order valence-electron chi connectivity index (χ0n) is 18.3. The van der Waals surface area contributed by atoms with Crippen molar-refractivity contribution in [2.45, 2.75) is 6.29 Å². The quantitative estimate of drug-likeness (QED) is 0.298. The number of furan rings is 1. The molecule has 1 saturated heterocycles. The Hall–Kier alpha value is -4.13. The third-order valence-electron chi connectivity index (χ3n) is 5.62. The van der Waals surface area contributed by atoms with Crippen LogP contribution in [0.25, 0.3) is 22.2 Å². The molecule has 5 aromatic rings. The molecule has 0 radical (unpaired) electrons. The third-order valence-corrected chi connectivity index (χ3v) is 5.62. The first kappa shape index (κ1) is 20.5. The van der Waals surface area contributed by atoms with E-state index in [4.69, 9.17) is 18.6 Å². The van der Waals surface area contributed by atoms with E-state index in [-0.39, 0.29) is 0 Å². The molecular formula is C28H22N2O4. The number of anilines is 2. The number of aromatic nitrogens is 1. The van der Waals surface area contributed by atoms with Crippen LogP contribution >= 0.6 is 0 Å². The summed E-state index contributed by atoms with van der Waals surface area (Å²) in [5.41, 5.74) is 3.76. The molecule has 6 rings (SSSR count). The van der Waals surface area contributed by atoms with Crippen molar-refractivity contribution < 1.29 is 18.6 Å². The molecule has 3 heterocycles. The zero-order valence-corrected chi connectivity index (χ0v) is 18.3. The summed E-state index contributed by atoms with van der Waals surface area (Å²) in [6, 6.07) is 29.5. The van der Waals surface area contributed by atoms with E-state index in [1.165, 1.54) is 0 Å². The minimum absolute atomic E-state index is 0.424. The second kappa shape index (κ2) is 9.02. The van der Waals surface area contributed by atoms with Crippen molar-refractivity contribution in [3.05, 3.63) is 103 Å². The van der Waals surface area contributed by atoms with Gasteiger partial charge in [-0.25, -0.2) is 0 Å². The van der Waals surface area contributed by atoms with E-state index in [0.717, 1.165) is 45.1 Å². The fourth-order valence-corrected chi connectivity index (χ4v) is 3.95. The largest absolute Gasteiger partial charge is 0.457 e. The number of benzene rings is 3. The maximum Gasteiger partial charge on any atom is 0.217 e. The van der Waals surface area contributed by atoms with Crippen LogP contribution in [0, 0.1) is 0 Å². The van der Waals surface area contributed by atoms with Crippen LogP contribution in [0.4, 0.5) is 11.4 Å². The summed E-state index contributed by atoms with van der Waals surface area (Å²) in [4.78, 5) is 4.56. The summed E-state index contributed by atoms with van der Waals surface area (Å²) < 4.78 is 22.9. The Kier molecular flexibility index (Phi) is 5.43. The number of para-hydroxylation sites is 1. The van der Waals surface area contributed by atoms with Crippen LogP contribution in [0.15, 0.2) is 102 Å². The van der Waals surface area contributed by atoms with E-state index in [9.17, 15) is 0 Å². The smallest absolute Gasteiger partial charge is 0.217 e. The fourth-order valence-electron chi connectivity index (χ4n) is 3.95. The predicted octanol–water partition coefficient (Wildman–Crippen LogP) is 7.08. The summed E-state index contributed by atoms with van der Waals surface area (Å²) in [6.45, 7) is 1.16. The Morgan fingerprint density at radius 3 is 2.41 bits per heavy atom. The van der Waals surface area contributed by atoms with Gasteiger partial charge in [0.05, 0.1) is 18.7 Å². The Labute approximate surface area is 196 Å². The topological polar surface area (TPSA) is 65.8 Å². The minimum atomic E-state index is -0.424. The number of rotatable bonds is 6. The van der Waals surface area contributed by atoms with Crippen LogP contribution in [-0.2, 0) is 9.47 Å². The lowest BCUT2D eigenvalue weighted by atomic mass is 10.1. The first-order valence-electron chi connectivity index (χ1n) is 11.1. The number of nitrogens with zero attached hydrogens (tertiary/aromatic N) is 1. The molecule has 0 amide bonds. The molecule has 0 saturated carbocycles. The van der Waals surface area contributed by atoms with Crippen molar-refractivity contribution in [2.24, 2.45) is 0 Å². The lowest BCUT2D eigenvalue weighted by Gasteiger charge is -2.11. The molecule has 34 heavy (non-hydrogen) atoms. The van der Waals surface area contributed by atoms with Crippen LogP contribution in [0.2, 0.25) is 0 Å². The van der Waals surface area contributed by atoms with Gasteiger partial charge in [0.15, 0.2) is 5.76 Å². The van der Waals surface area contributed by atoms with E-state index in [1.54, 1.807) is 6.20 Å². The van der Waals surface area contributed by atoms with Gasteiger partial charge in [-0.2, -0.15) is 0 Å². The van der Waals surface area contributed by atoms with E-state index >= 15 is 0 Å². The van der Waals surface area contributed by atoms with Crippen LogP contribution in [0.3, 0.4) is 0 Å². The van der Waals surface area contributed by atoms with Gasteiger partial charge >= 0.3 is 0 Å². The number of hydrogen-bond donors (Lipinski definition) is 1. The van der Waals surface area contributed by atoms with E-state index < -0.39 is 6.29 Å². The molecule has 1 aliphatic rings. The summed E-state index contributed by atoms with van der Waals surface area (Å²) in [6.07, 6.45) is 1.38. The van der Waals surface area contributed by atoms with Gasteiger partial charge in [0.2, 0.25) is 6.29 Å². The average Bonchev–Trinajstić information content (AvgIpc) is 3.58. The molecular weight excluding hydrogens is 428 g/mol. The number of hydrogen-bond acceptors (Lipinski definition) is 6. The van der Waals surface area contributed by atoms with Gasteiger partial charge in [0, 0.05) is 28.5 Å². The molecule has 0 atom stereocenters. The highest BCUT2D eigenvalue weighted by atomic mass is 16.7. The molecule has 2 aromatic heterocycles. The second-order valence-electron chi connectivity index (χ2n) is 7.93. The lowest BCUT2D eigenvalue weighted by molar-refractivity contribution is -0.0585. The molecule has 1 aliphatic heterocycles. The van der Waals surface area contributed by atoms with Crippen molar-refractivity contribution in [3.8, 4) is 22.8 Å². The van der Waals surface area contributed by atoms with E-state index in [2.05, 4.69) is 16.4 Å². The summed E-state index contributed by atoms with van der Waals surface area (Å²) in [5, 5.41) is 4.50. The van der Waals surface area contributed by atoms with Crippen molar-refractivity contribution >= 4 is 22.3 Å². The fraction of sp³-hybridized carbons (Fsp3) is 0.107. The molecule has 3 aromatic carbocycles. The number of pyridine rings is 1. The maximum absolute atomic E-state index is 5.98. The summed E-state index contributed by atoms with van der Waals surface area (Å²) in [7, 11) is 0. The van der Waals surface area contributed by atoms with Crippen LogP contribution < -0.4 is 10.1 Å². The van der Waals surface area contributed by atoms with Crippen LogP contribution in [-0.4, -0.2) is 18.2 Å². The van der Waals surface area contributed by atoms with Gasteiger partial charge in [-0.15, -0.1) is 0 Å².